The minimum atomic E-state index is 0.323. The molecule has 8 heteroatoms. The Hall–Kier alpha value is -1.99. The molecule has 0 radical (unpaired) electrons. The van der Waals surface area contributed by atoms with Crippen LogP contribution in [0.3, 0.4) is 0 Å². The maximum Gasteiger partial charge on any atom is 0.185 e. The predicted molar refractivity (Wildman–Crippen MR) is 144 cm³/mol. The van der Waals surface area contributed by atoms with E-state index in [1.165, 1.54) is 0 Å². The lowest BCUT2D eigenvalue weighted by Gasteiger charge is -2.24. The average molecular weight is 493 g/mol. The van der Waals surface area contributed by atoms with Gasteiger partial charge >= 0.3 is 0 Å². The van der Waals surface area contributed by atoms with Crippen LogP contribution in [0.15, 0.2) is 4.52 Å². The summed E-state index contributed by atoms with van der Waals surface area (Å²) in [7, 11) is 2.14. The molecular formula is C26H45ClN6O. The Bertz CT molecular complexity index is 997. The highest BCUT2D eigenvalue weighted by atomic mass is 35.5. The maximum atomic E-state index is 6.60. The summed E-state index contributed by atoms with van der Waals surface area (Å²) in [5.74, 6) is 1.44. The summed E-state index contributed by atoms with van der Waals surface area (Å²) in [4.78, 5) is 11.8. The number of halogens is 1. The average Bonchev–Trinajstić information content (AvgIpc) is 3.38. The summed E-state index contributed by atoms with van der Waals surface area (Å²) >= 11 is 6.60. The second-order valence-corrected chi connectivity index (χ2v) is 8.42. The molecule has 3 aromatic rings. The molecule has 0 bridgehead atoms. The lowest BCUT2D eigenvalue weighted by Crippen LogP contribution is -2.33. The summed E-state index contributed by atoms with van der Waals surface area (Å²) in [6.07, 6.45) is 4.85. The summed E-state index contributed by atoms with van der Waals surface area (Å²) in [5.41, 5.74) is 3.38. The van der Waals surface area contributed by atoms with Crippen LogP contribution in [-0.2, 0) is 19.4 Å². The number of hydrogen-bond acceptors (Lipinski definition) is 6. The Morgan fingerprint density at radius 2 is 1.65 bits per heavy atom. The van der Waals surface area contributed by atoms with Gasteiger partial charge in [-0.15, -0.1) is 0 Å². The van der Waals surface area contributed by atoms with Crippen molar-refractivity contribution in [3.63, 3.8) is 0 Å². The Morgan fingerprint density at radius 3 is 2.24 bits per heavy atom. The van der Waals surface area contributed by atoms with E-state index in [9.17, 15) is 0 Å². The first-order valence-electron chi connectivity index (χ1n) is 13.0. The van der Waals surface area contributed by atoms with E-state index < -0.39 is 0 Å². The molecule has 34 heavy (non-hydrogen) atoms. The molecule has 7 nitrogen and oxygen atoms in total. The molecule has 3 heterocycles. The van der Waals surface area contributed by atoms with Crippen molar-refractivity contribution >= 4 is 22.6 Å². The SMILES string of the molecule is CC.CC.CCCc1onc(-c2nc(Cl)c3c(C)nn(CC(C)N(C)CCC)c3n2)c1CCC. The molecule has 0 fully saturated rings. The molecule has 0 N–H and O–H groups in total. The molecular weight excluding hydrogens is 448 g/mol. The normalized spacial score (nSPS) is 11.8. The van der Waals surface area contributed by atoms with Crippen LogP contribution in [0.4, 0.5) is 0 Å². The minimum absolute atomic E-state index is 0.323. The molecule has 1 unspecified atom stereocenters. The number of fused-ring (bicyclic) bond motifs is 1. The highest BCUT2D eigenvalue weighted by Gasteiger charge is 2.23. The fourth-order valence-corrected chi connectivity index (χ4v) is 4.15. The van der Waals surface area contributed by atoms with E-state index in [1.54, 1.807) is 0 Å². The quantitative estimate of drug-likeness (QED) is 0.280. The number of hydrogen-bond donors (Lipinski definition) is 0. The van der Waals surface area contributed by atoms with Gasteiger partial charge in [-0.05, 0) is 46.7 Å². The van der Waals surface area contributed by atoms with Crippen molar-refractivity contribution in [1.82, 2.24) is 29.8 Å². The zero-order valence-corrected chi connectivity index (χ0v) is 23.8. The summed E-state index contributed by atoms with van der Waals surface area (Å²) in [5, 5.41) is 10.3. The molecule has 0 amide bonds. The van der Waals surface area contributed by atoms with Crippen LogP contribution in [0.1, 0.15) is 91.7 Å². The summed E-state index contributed by atoms with van der Waals surface area (Å²) < 4.78 is 7.60. The van der Waals surface area contributed by atoms with Crippen LogP contribution in [0.25, 0.3) is 22.6 Å². The summed E-state index contributed by atoms with van der Waals surface area (Å²) in [6.45, 7) is 20.4. The number of nitrogens with zero attached hydrogens (tertiary/aromatic N) is 6. The van der Waals surface area contributed by atoms with Crippen LogP contribution >= 0.6 is 11.6 Å². The highest BCUT2D eigenvalue weighted by Crippen LogP contribution is 2.30. The van der Waals surface area contributed by atoms with Crippen molar-refractivity contribution in [1.29, 1.82) is 0 Å². The number of likely N-dealkylation sites (N-methyl/N-ethyl adjacent to an activating group) is 1. The zero-order valence-electron chi connectivity index (χ0n) is 23.0. The first-order chi connectivity index (χ1) is 16.4. The first-order valence-corrected chi connectivity index (χ1v) is 13.4. The van der Waals surface area contributed by atoms with Gasteiger partial charge < -0.3 is 9.42 Å². The Labute approximate surface area is 211 Å². The van der Waals surface area contributed by atoms with E-state index in [0.717, 1.165) is 73.2 Å². The molecule has 0 aliphatic carbocycles. The zero-order chi connectivity index (χ0) is 25.8. The predicted octanol–water partition coefficient (Wildman–Crippen LogP) is 7.13. The van der Waals surface area contributed by atoms with Crippen molar-refractivity contribution in [3.8, 4) is 11.5 Å². The van der Waals surface area contributed by atoms with Gasteiger partial charge in [0.15, 0.2) is 17.2 Å². The molecule has 0 aliphatic heterocycles. The van der Waals surface area contributed by atoms with Gasteiger partial charge in [0, 0.05) is 18.0 Å². The number of rotatable bonds is 10. The number of aromatic nitrogens is 5. The van der Waals surface area contributed by atoms with Crippen molar-refractivity contribution in [2.45, 2.75) is 107 Å². The van der Waals surface area contributed by atoms with E-state index in [0.29, 0.717) is 22.7 Å². The first kappa shape index (κ1) is 30.0. The maximum absolute atomic E-state index is 6.60. The van der Waals surface area contributed by atoms with Crippen molar-refractivity contribution in [2.24, 2.45) is 0 Å². The van der Waals surface area contributed by atoms with E-state index in [2.05, 4.69) is 49.8 Å². The van der Waals surface area contributed by atoms with Crippen LogP contribution in [0, 0.1) is 6.92 Å². The third-order valence-electron chi connectivity index (χ3n) is 5.55. The molecule has 0 saturated heterocycles. The minimum Gasteiger partial charge on any atom is -0.360 e. The van der Waals surface area contributed by atoms with Crippen LogP contribution in [-0.4, -0.2) is 49.4 Å². The van der Waals surface area contributed by atoms with Gasteiger partial charge in [0.1, 0.15) is 10.9 Å². The van der Waals surface area contributed by atoms with Crippen LogP contribution in [0.5, 0.6) is 0 Å². The van der Waals surface area contributed by atoms with Gasteiger partial charge in [-0.1, -0.05) is 71.6 Å². The fraction of sp³-hybridized carbons (Fsp3) is 0.692. The molecule has 3 aromatic heterocycles. The topological polar surface area (TPSA) is 72.9 Å². The van der Waals surface area contributed by atoms with Gasteiger partial charge in [-0.3, -0.25) is 0 Å². The van der Waals surface area contributed by atoms with Crippen molar-refractivity contribution in [3.05, 3.63) is 22.2 Å². The van der Waals surface area contributed by atoms with Crippen LogP contribution < -0.4 is 0 Å². The smallest absolute Gasteiger partial charge is 0.185 e. The van der Waals surface area contributed by atoms with E-state index in [-0.39, 0.29) is 0 Å². The lowest BCUT2D eigenvalue weighted by molar-refractivity contribution is 0.231. The molecule has 0 aromatic carbocycles. The third kappa shape index (κ3) is 7.01. The standard InChI is InChI=1S/C22H33ClN6O.2C2H6/c1-7-10-16-17(11-8-2)30-27-19(16)21-24-20(23)18-15(5)26-29(22(18)25-21)13-14(4)28(6)12-9-3;2*1-2/h14H,7-13H2,1-6H3;2*1-2H3. The Morgan fingerprint density at radius 1 is 1.00 bits per heavy atom. The third-order valence-corrected chi connectivity index (χ3v) is 5.82. The molecule has 0 aliphatic rings. The molecule has 0 spiro atoms. The largest absolute Gasteiger partial charge is 0.360 e. The molecule has 3 rings (SSSR count). The second-order valence-electron chi connectivity index (χ2n) is 8.07. The number of aryl methyl sites for hydroxylation is 2. The van der Waals surface area contributed by atoms with Gasteiger partial charge in [0.25, 0.3) is 0 Å². The van der Waals surface area contributed by atoms with Gasteiger partial charge in [0.2, 0.25) is 0 Å². The second kappa shape index (κ2) is 15.1. The van der Waals surface area contributed by atoms with Gasteiger partial charge in [-0.25, -0.2) is 14.6 Å². The van der Waals surface area contributed by atoms with Gasteiger partial charge in [-0.2, -0.15) is 5.10 Å². The molecule has 1 atom stereocenters. The molecule has 192 valence electrons. The van der Waals surface area contributed by atoms with Crippen molar-refractivity contribution < 1.29 is 4.52 Å². The van der Waals surface area contributed by atoms with E-state index in [1.807, 2.05) is 39.3 Å². The monoisotopic (exact) mass is 492 g/mol. The van der Waals surface area contributed by atoms with Gasteiger partial charge in [0.05, 0.1) is 17.6 Å². The Kier molecular flexibility index (Phi) is 13.3. The molecule has 0 saturated carbocycles. The van der Waals surface area contributed by atoms with E-state index in [4.69, 9.17) is 26.2 Å². The lowest BCUT2D eigenvalue weighted by atomic mass is 10.0. The Balaban J connectivity index is 0.00000137. The van der Waals surface area contributed by atoms with Crippen LogP contribution in [0.2, 0.25) is 5.15 Å². The summed E-state index contributed by atoms with van der Waals surface area (Å²) in [6, 6.07) is 0.323. The fourth-order valence-electron chi connectivity index (χ4n) is 3.84. The van der Waals surface area contributed by atoms with Crippen molar-refractivity contribution in [2.75, 3.05) is 13.6 Å². The highest BCUT2D eigenvalue weighted by molar-refractivity contribution is 6.34. The van der Waals surface area contributed by atoms with E-state index >= 15 is 0 Å².